The first-order chi connectivity index (χ1) is 15.0. The van der Waals surface area contributed by atoms with E-state index in [4.69, 9.17) is 4.74 Å². The van der Waals surface area contributed by atoms with Gasteiger partial charge in [-0.2, -0.15) is 0 Å². The number of nitrogens with zero attached hydrogens (tertiary/aromatic N) is 1. The van der Waals surface area contributed by atoms with Gasteiger partial charge in [0.15, 0.2) is 0 Å². The molecule has 1 aliphatic heterocycles. The van der Waals surface area contributed by atoms with Gasteiger partial charge in [0.05, 0.1) is 19.2 Å². The molecular weight excluding hydrogens is 388 g/mol. The lowest BCUT2D eigenvalue weighted by atomic mass is 10.0. The lowest BCUT2D eigenvalue weighted by Gasteiger charge is -2.16. The Hall–Kier alpha value is -3.86. The van der Waals surface area contributed by atoms with Crippen molar-refractivity contribution in [2.24, 2.45) is 0 Å². The number of amides is 2. The number of anilines is 1. The monoisotopic (exact) mass is 412 g/mol. The van der Waals surface area contributed by atoms with Crippen LogP contribution in [0.2, 0.25) is 0 Å². The Morgan fingerprint density at radius 1 is 0.839 bits per heavy atom. The van der Waals surface area contributed by atoms with E-state index in [0.717, 1.165) is 22.4 Å². The van der Waals surface area contributed by atoms with E-state index in [0.29, 0.717) is 16.9 Å². The van der Waals surface area contributed by atoms with Gasteiger partial charge in [0, 0.05) is 11.3 Å². The molecule has 0 spiro atoms. The van der Waals surface area contributed by atoms with E-state index in [-0.39, 0.29) is 24.1 Å². The fourth-order valence-corrected chi connectivity index (χ4v) is 3.68. The molecule has 0 bridgehead atoms. The van der Waals surface area contributed by atoms with Gasteiger partial charge in [-0.1, -0.05) is 60.2 Å². The molecule has 5 heteroatoms. The van der Waals surface area contributed by atoms with E-state index in [1.165, 1.54) is 4.90 Å². The van der Waals surface area contributed by atoms with Gasteiger partial charge in [-0.3, -0.25) is 14.5 Å². The fourth-order valence-electron chi connectivity index (χ4n) is 3.68. The van der Waals surface area contributed by atoms with Crippen LogP contribution in [0.5, 0.6) is 5.75 Å². The van der Waals surface area contributed by atoms with Crippen molar-refractivity contribution in [3.05, 3.63) is 101 Å². The highest BCUT2D eigenvalue weighted by Crippen LogP contribution is 2.36. The summed E-state index contributed by atoms with van der Waals surface area (Å²) in [7, 11) is 1.55. The molecule has 0 aliphatic carbocycles. The van der Waals surface area contributed by atoms with Crippen molar-refractivity contribution in [1.82, 2.24) is 4.90 Å². The third-order valence-electron chi connectivity index (χ3n) is 5.29. The van der Waals surface area contributed by atoms with Gasteiger partial charge in [0.2, 0.25) is 0 Å². The summed E-state index contributed by atoms with van der Waals surface area (Å²) in [6, 6.07) is 22.8. The Bertz CT molecular complexity index is 1180. The molecule has 3 aromatic carbocycles. The largest absolute Gasteiger partial charge is 0.496 e. The zero-order chi connectivity index (χ0) is 22.0. The molecule has 0 aromatic heterocycles. The van der Waals surface area contributed by atoms with E-state index in [1.807, 2.05) is 74.5 Å². The molecule has 0 unspecified atom stereocenters. The molecule has 1 heterocycles. The van der Waals surface area contributed by atoms with Gasteiger partial charge in [0.1, 0.15) is 11.4 Å². The lowest BCUT2D eigenvalue weighted by Crippen LogP contribution is -2.32. The Morgan fingerprint density at radius 2 is 1.58 bits per heavy atom. The second kappa shape index (κ2) is 8.48. The molecule has 1 N–H and O–H groups in total. The zero-order valence-electron chi connectivity index (χ0n) is 17.8. The number of imide groups is 1. The zero-order valence-corrected chi connectivity index (χ0v) is 17.8. The lowest BCUT2D eigenvalue weighted by molar-refractivity contribution is -0.137. The summed E-state index contributed by atoms with van der Waals surface area (Å²) in [6.45, 7) is 4.18. The van der Waals surface area contributed by atoms with Gasteiger partial charge in [-0.15, -0.1) is 0 Å². The first-order valence-corrected chi connectivity index (χ1v) is 10.1. The van der Waals surface area contributed by atoms with Gasteiger partial charge in [-0.05, 0) is 43.2 Å². The fraction of sp³-hybridized carbons (Fsp3) is 0.154. The van der Waals surface area contributed by atoms with Gasteiger partial charge in [-0.25, -0.2) is 0 Å². The first kappa shape index (κ1) is 20.4. The topological polar surface area (TPSA) is 58.6 Å². The van der Waals surface area contributed by atoms with Crippen LogP contribution in [0.3, 0.4) is 0 Å². The van der Waals surface area contributed by atoms with Crippen molar-refractivity contribution < 1.29 is 14.3 Å². The number of hydrogen-bond donors (Lipinski definition) is 1. The summed E-state index contributed by atoms with van der Waals surface area (Å²) >= 11 is 0. The maximum absolute atomic E-state index is 13.5. The molecule has 0 saturated carbocycles. The predicted molar refractivity (Wildman–Crippen MR) is 121 cm³/mol. The van der Waals surface area contributed by atoms with Crippen molar-refractivity contribution in [3.63, 3.8) is 0 Å². The summed E-state index contributed by atoms with van der Waals surface area (Å²) < 4.78 is 5.48. The molecule has 31 heavy (non-hydrogen) atoms. The second-order valence-corrected chi connectivity index (χ2v) is 7.63. The quantitative estimate of drug-likeness (QED) is 0.596. The maximum atomic E-state index is 13.5. The molecule has 156 valence electrons. The predicted octanol–water partition coefficient (Wildman–Crippen LogP) is 4.70. The molecule has 0 saturated heterocycles. The maximum Gasteiger partial charge on any atom is 0.278 e. The molecule has 2 amide bonds. The molecule has 1 aliphatic rings. The van der Waals surface area contributed by atoms with Crippen LogP contribution >= 0.6 is 0 Å². The normalized spacial score (nSPS) is 13.7. The molecule has 0 fully saturated rings. The Labute approximate surface area is 182 Å². The third-order valence-corrected chi connectivity index (χ3v) is 5.29. The number of para-hydroxylation sites is 1. The van der Waals surface area contributed by atoms with E-state index in [9.17, 15) is 9.59 Å². The van der Waals surface area contributed by atoms with Crippen LogP contribution in [0.4, 0.5) is 5.69 Å². The Morgan fingerprint density at radius 3 is 2.29 bits per heavy atom. The molecule has 5 nitrogen and oxygen atoms in total. The SMILES string of the molecule is COc1ccccc1C1=C(Nc2cccc(C)c2)C(=O)N(Cc2ccc(C)cc2)C1=O. The van der Waals surface area contributed by atoms with Crippen molar-refractivity contribution in [2.75, 3.05) is 12.4 Å². The number of carbonyl (C=O) groups is 2. The Kier molecular flexibility index (Phi) is 5.58. The minimum Gasteiger partial charge on any atom is -0.496 e. The molecule has 3 aromatic rings. The van der Waals surface area contributed by atoms with Crippen molar-refractivity contribution in [2.45, 2.75) is 20.4 Å². The van der Waals surface area contributed by atoms with Crippen LogP contribution in [0.1, 0.15) is 22.3 Å². The highest BCUT2D eigenvalue weighted by Gasteiger charge is 2.40. The molecular formula is C26H24N2O3. The first-order valence-electron chi connectivity index (χ1n) is 10.1. The van der Waals surface area contributed by atoms with Crippen LogP contribution < -0.4 is 10.1 Å². The van der Waals surface area contributed by atoms with Crippen molar-refractivity contribution >= 4 is 23.1 Å². The standard InChI is InChI=1S/C26H24N2O3/c1-17-11-13-19(14-12-17)16-28-25(29)23(21-9-4-5-10-22(21)31-3)24(26(28)30)27-20-8-6-7-18(2)15-20/h4-15,27H,16H2,1-3H3. The minimum atomic E-state index is -0.354. The smallest absolute Gasteiger partial charge is 0.278 e. The van der Waals surface area contributed by atoms with Crippen LogP contribution in [-0.4, -0.2) is 23.8 Å². The number of benzene rings is 3. The number of carbonyl (C=O) groups excluding carboxylic acids is 2. The van der Waals surface area contributed by atoms with Crippen LogP contribution in [0.15, 0.2) is 78.5 Å². The number of hydrogen-bond acceptors (Lipinski definition) is 4. The summed E-state index contributed by atoms with van der Waals surface area (Å²) in [5.41, 5.74) is 4.98. The van der Waals surface area contributed by atoms with E-state index in [1.54, 1.807) is 19.2 Å². The highest BCUT2D eigenvalue weighted by atomic mass is 16.5. The summed E-state index contributed by atoms with van der Waals surface area (Å²) in [4.78, 5) is 28.2. The summed E-state index contributed by atoms with van der Waals surface area (Å²) in [5, 5.41) is 3.20. The number of nitrogens with one attached hydrogen (secondary N) is 1. The van der Waals surface area contributed by atoms with Crippen molar-refractivity contribution in [1.29, 1.82) is 0 Å². The third kappa shape index (κ3) is 4.08. The number of aryl methyl sites for hydroxylation is 2. The second-order valence-electron chi connectivity index (χ2n) is 7.63. The summed E-state index contributed by atoms with van der Waals surface area (Å²) in [6.07, 6.45) is 0. The van der Waals surface area contributed by atoms with Crippen LogP contribution in [0.25, 0.3) is 5.57 Å². The summed E-state index contributed by atoms with van der Waals surface area (Å²) in [5.74, 6) is -0.155. The average Bonchev–Trinajstić information content (AvgIpc) is 2.99. The van der Waals surface area contributed by atoms with Gasteiger partial charge in [0.25, 0.3) is 11.8 Å². The van der Waals surface area contributed by atoms with Gasteiger partial charge >= 0.3 is 0 Å². The van der Waals surface area contributed by atoms with Crippen LogP contribution in [0, 0.1) is 13.8 Å². The molecule has 0 atom stereocenters. The van der Waals surface area contributed by atoms with E-state index < -0.39 is 0 Å². The molecule has 0 radical (unpaired) electrons. The van der Waals surface area contributed by atoms with Crippen molar-refractivity contribution in [3.8, 4) is 5.75 Å². The molecule has 4 rings (SSSR count). The minimum absolute atomic E-state index is 0.204. The van der Waals surface area contributed by atoms with Gasteiger partial charge < -0.3 is 10.1 Å². The van der Waals surface area contributed by atoms with Crippen LogP contribution in [-0.2, 0) is 16.1 Å². The highest BCUT2D eigenvalue weighted by molar-refractivity contribution is 6.36. The van der Waals surface area contributed by atoms with E-state index >= 15 is 0 Å². The number of ether oxygens (including phenoxy) is 1. The number of rotatable bonds is 6. The number of methoxy groups -OCH3 is 1. The average molecular weight is 412 g/mol. The van der Waals surface area contributed by atoms with E-state index in [2.05, 4.69) is 5.32 Å². The Balaban J connectivity index is 1.78.